The third kappa shape index (κ3) is 20.1. The van der Waals surface area contributed by atoms with Gasteiger partial charge in [-0.2, -0.15) is 53.8 Å². The SMILES string of the molecule is CCCCOc1cc(S(=O)(=O)O)c2cc(N=Nc3ccc(N=Nc4cc(OC)c(N=Nc5cc(OC)c(N=Nc6ccc7cc(-n8nc9ccc%10c(S(=O)(=O)O)cc(S(=O)(=O)O)cc%10c9n8)ccc7c6O)cc5CO)cc4C)c(OCCCCS(=O)(=O)O)c3)ccc2c1.O=S(=O)=O.O=S(=O)=O. The fourth-order valence-electron chi connectivity index (χ4n) is 9.55. The first kappa shape index (κ1) is 76.2. The van der Waals surface area contributed by atoms with Gasteiger partial charge in [0.2, 0.25) is 0 Å². The van der Waals surface area contributed by atoms with E-state index in [9.17, 15) is 62.1 Å². The Hall–Kier alpha value is -10.6. The molecule has 10 rings (SSSR count). The number of aromatic nitrogens is 3. The molecule has 9 aromatic carbocycles. The Morgan fingerprint density at radius 1 is 0.485 bits per heavy atom. The highest BCUT2D eigenvalue weighted by Gasteiger charge is 2.24. The molecule has 1 heterocycles. The van der Waals surface area contributed by atoms with E-state index < -0.39 is 83.8 Å². The summed E-state index contributed by atoms with van der Waals surface area (Å²) < 4.78 is 209. The summed E-state index contributed by atoms with van der Waals surface area (Å²) in [5, 5.41) is 67.3. The van der Waals surface area contributed by atoms with Gasteiger partial charge in [-0.25, -0.2) is 0 Å². The summed E-state index contributed by atoms with van der Waals surface area (Å²) in [7, 11) is -22.2. The van der Waals surface area contributed by atoms with Gasteiger partial charge in [-0.3, -0.25) is 18.2 Å². The number of aryl methyl sites for hydroxylation is 1. The van der Waals surface area contributed by atoms with E-state index in [-0.39, 0.29) is 126 Å². The van der Waals surface area contributed by atoms with E-state index in [4.69, 9.17) is 44.2 Å². The number of aliphatic hydroxyl groups excluding tert-OH is 1. The third-order valence-electron chi connectivity index (χ3n) is 14.2. The van der Waals surface area contributed by atoms with Gasteiger partial charge in [-0.05, 0) is 127 Å². The Balaban J connectivity index is 0.00000154. The maximum atomic E-state index is 12.5. The molecule has 530 valence electrons. The van der Waals surface area contributed by atoms with Crippen molar-refractivity contribution in [2.45, 2.75) is 60.8 Å². The number of unbranched alkanes of at least 4 members (excludes halogenated alkanes) is 2. The molecule has 41 heteroatoms. The molecule has 10 aromatic rings. The topological polar surface area (TPSA) is 527 Å². The molecule has 0 unspecified atom stereocenters. The zero-order valence-electron chi connectivity index (χ0n) is 52.7. The van der Waals surface area contributed by atoms with Crippen molar-refractivity contribution < 1.29 is 106 Å². The van der Waals surface area contributed by atoms with Crippen LogP contribution < -0.4 is 18.9 Å². The van der Waals surface area contributed by atoms with E-state index in [0.717, 1.165) is 18.9 Å². The fourth-order valence-corrected chi connectivity index (χ4v) is 12.2. The van der Waals surface area contributed by atoms with Crippen LogP contribution in [0.3, 0.4) is 0 Å². The van der Waals surface area contributed by atoms with Gasteiger partial charge in [0.1, 0.15) is 66.6 Å². The predicted octanol–water partition coefficient (Wildman–Crippen LogP) is 12.0. The first-order valence-electron chi connectivity index (χ1n) is 28.8. The van der Waals surface area contributed by atoms with Gasteiger partial charge in [0, 0.05) is 51.4 Å². The van der Waals surface area contributed by atoms with Crippen molar-refractivity contribution in [1.29, 1.82) is 0 Å². The van der Waals surface area contributed by atoms with E-state index in [1.165, 1.54) is 67.5 Å². The van der Waals surface area contributed by atoms with Crippen molar-refractivity contribution in [3.05, 3.63) is 139 Å². The lowest BCUT2D eigenvalue weighted by Crippen LogP contribution is -2.06. The quantitative estimate of drug-likeness (QED) is 0.0176. The molecule has 35 nitrogen and oxygen atoms in total. The number of methoxy groups -OCH3 is 2. The smallest absolute Gasteiger partial charge is 0.425 e. The zero-order valence-corrected chi connectivity index (χ0v) is 57.6. The minimum atomic E-state index is -4.95. The van der Waals surface area contributed by atoms with Gasteiger partial charge < -0.3 is 29.2 Å². The summed E-state index contributed by atoms with van der Waals surface area (Å²) in [5.41, 5.74) is 3.26. The molecule has 6 N–H and O–H groups in total. The van der Waals surface area contributed by atoms with E-state index in [2.05, 4.69) is 51.1 Å². The molecule has 101 heavy (non-hydrogen) atoms. The zero-order chi connectivity index (χ0) is 73.7. The van der Waals surface area contributed by atoms with E-state index in [1.807, 2.05) is 6.92 Å². The molecule has 0 atom stereocenters. The molecular weight excluding hydrogens is 1450 g/mol. The Kier molecular flexibility index (Phi) is 24.6. The number of aromatic hydroxyl groups is 1. The lowest BCUT2D eigenvalue weighted by molar-refractivity contribution is 0.282. The van der Waals surface area contributed by atoms with Gasteiger partial charge in [0.15, 0.2) is 5.75 Å². The van der Waals surface area contributed by atoms with E-state index in [1.54, 1.807) is 73.7 Å². The normalized spacial score (nSPS) is 12.2. The van der Waals surface area contributed by atoms with Gasteiger partial charge in [-0.1, -0.05) is 31.5 Å². The first-order chi connectivity index (χ1) is 47.7. The Bertz CT molecular complexity index is 5710. The third-order valence-corrected chi connectivity index (χ3v) is 17.6. The fraction of sp³-hybridized carbons (Fsp3) is 0.200. The second kappa shape index (κ2) is 32.6. The minimum Gasteiger partial charge on any atom is -0.505 e. The van der Waals surface area contributed by atoms with Crippen molar-refractivity contribution >= 4 is 151 Å². The van der Waals surface area contributed by atoms with E-state index in [0.29, 0.717) is 45.8 Å². The molecule has 0 fully saturated rings. The van der Waals surface area contributed by atoms with Gasteiger partial charge in [0.05, 0.1) is 73.1 Å². The van der Waals surface area contributed by atoms with Crippen molar-refractivity contribution in [3.8, 4) is 34.4 Å². The summed E-state index contributed by atoms with van der Waals surface area (Å²) in [6.45, 7) is 3.58. The summed E-state index contributed by atoms with van der Waals surface area (Å²) in [5.74, 6) is 0.135. The van der Waals surface area contributed by atoms with Gasteiger partial charge >= 0.3 is 21.2 Å². The summed E-state index contributed by atoms with van der Waals surface area (Å²) in [6, 6.07) is 30.7. The largest absolute Gasteiger partial charge is 0.505 e. The molecule has 0 amide bonds. The van der Waals surface area contributed by atoms with E-state index >= 15 is 0 Å². The standard InChI is InChI=1S/C60H55N11O18S4.2O3S/c1-5-6-19-88-41-24-36-9-11-38(26-45(36)57(28-41)92(80,81)82)61-62-39-12-17-47(56(27-39)89-20-7-8-21-90(74,75)76)63-65-50-31-54(86-3)52(22-34(50)2)67-66-51-32-55(87-4)53(25-37(51)33-72)68-64-49-16-10-35-23-40(13-14-43(35)60(49)73)71-69-48-18-15-44-46(59(48)70-71)29-42(91(77,78)79)30-58(44)93(83,84)85;2*1-4(2)3/h9-18,22-32,72-73H,5-8,19-21,33H2,1-4H3,(H,74,75,76)(H,77,78,79)(H,80,81,82)(H,83,84,85);;. The van der Waals surface area contributed by atoms with Crippen LogP contribution in [0.2, 0.25) is 0 Å². The van der Waals surface area contributed by atoms with Crippen LogP contribution in [0.1, 0.15) is 43.7 Å². The maximum Gasteiger partial charge on any atom is 0.425 e. The number of phenolic OH excluding ortho intramolecular Hbond substituents is 1. The molecule has 0 spiro atoms. The Labute approximate surface area is 576 Å². The van der Waals surface area contributed by atoms with Crippen molar-refractivity contribution in [2.24, 2.45) is 40.9 Å². The number of hydrogen-bond donors (Lipinski definition) is 6. The molecule has 0 bridgehead atoms. The first-order valence-corrected chi connectivity index (χ1v) is 36.8. The number of hydrogen-bond acceptors (Lipinski definition) is 30. The predicted molar refractivity (Wildman–Crippen MR) is 360 cm³/mol. The number of fused-ring (bicyclic) bond motifs is 5. The summed E-state index contributed by atoms with van der Waals surface area (Å²) in [4.78, 5) is -0.708. The van der Waals surface area contributed by atoms with Gasteiger partial charge in [-0.15, -0.1) is 61.0 Å². The molecule has 0 aliphatic heterocycles. The van der Waals surface area contributed by atoms with Crippen LogP contribution in [0.4, 0.5) is 45.5 Å². The molecule has 0 aliphatic carbocycles. The van der Waals surface area contributed by atoms with Crippen LogP contribution in [0.5, 0.6) is 28.7 Å². The highest BCUT2D eigenvalue weighted by Crippen LogP contribution is 2.43. The average Bonchev–Trinajstić information content (AvgIpc) is 1.72. The number of nitrogens with zero attached hydrogens (tertiary/aromatic N) is 11. The van der Waals surface area contributed by atoms with Gasteiger partial charge in [0.25, 0.3) is 40.5 Å². The molecular formula is C60H55N11O24S6. The van der Waals surface area contributed by atoms with Crippen molar-refractivity contribution in [1.82, 2.24) is 15.0 Å². The minimum absolute atomic E-state index is 0.00932. The molecule has 0 aliphatic rings. The highest BCUT2D eigenvalue weighted by atomic mass is 32.2. The number of ether oxygens (including phenoxy) is 4. The summed E-state index contributed by atoms with van der Waals surface area (Å²) in [6.07, 6.45) is 1.94. The monoisotopic (exact) mass is 1510 g/mol. The number of phenols is 1. The van der Waals surface area contributed by atoms with Crippen LogP contribution in [0.25, 0.3) is 49.0 Å². The average molecular weight is 1510 g/mol. The molecule has 1 aromatic heterocycles. The number of azo groups is 4. The van der Waals surface area contributed by atoms with Crippen LogP contribution in [-0.4, -0.2) is 136 Å². The number of rotatable bonds is 25. The van der Waals surface area contributed by atoms with Crippen LogP contribution in [0, 0.1) is 6.92 Å². The molecule has 0 radical (unpaired) electrons. The summed E-state index contributed by atoms with van der Waals surface area (Å²) >= 11 is 0. The maximum absolute atomic E-state index is 12.5. The molecule has 0 saturated carbocycles. The molecule has 0 saturated heterocycles. The van der Waals surface area contributed by atoms with Crippen LogP contribution in [-0.2, 0) is 68.3 Å². The van der Waals surface area contributed by atoms with Crippen LogP contribution >= 0.6 is 0 Å². The van der Waals surface area contributed by atoms with Crippen LogP contribution in [0.15, 0.2) is 183 Å². The highest BCUT2D eigenvalue weighted by molar-refractivity contribution is 7.87. The van der Waals surface area contributed by atoms with Crippen molar-refractivity contribution in [3.63, 3.8) is 0 Å². The second-order valence-electron chi connectivity index (χ2n) is 21.1. The Morgan fingerprint density at radius 3 is 1.67 bits per heavy atom. The van der Waals surface area contributed by atoms with Crippen molar-refractivity contribution in [2.75, 3.05) is 33.2 Å². The Morgan fingerprint density at radius 2 is 1.04 bits per heavy atom. The number of benzene rings is 9. The number of aliphatic hydroxyl groups is 1. The lowest BCUT2D eigenvalue weighted by atomic mass is 10.1. The lowest BCUT2D eigenvalue weighted by Gasteiger charge is -2.11. The second-order valence-corrected chi connectivity index (χ2v) is 27.6.